The van der Waals surface area contributed by atoms with Crippen molar-refractivity contribution >= 4 is 11.9 Å². The Balaban J connectivity index is 3.31. The van der Waals surface area contributed by atoms with Gasteiger partial charge in [0, 0.05) is 12.8 Å². The molecule has 0 aromatic rings. The first-order valence-corrected chi connectivity index (χ1v) is 35.3. The van der Waals surface area contributed by atoms with Gasteiger partial charge < -0.3 is 20.3 Å². The van der Waals surface area contributed by atoms with Gasteiger partial charge in [-0.2, -0.15) is 0 Å². The highest BCUT2D eigenvalue weighted by molar-refractivity contribution is 5.76. The van der Waals surface area contributed by atoms with Crippen molar-refractivity contribution in [3.63, 3.8) is 0 Å². The van der Waals surface area contributed by atoms with Gasteiger partial charge in [-0.15, -0.1) is 0 Å². The Bertz CT molecular complexity index is 1260. The number of rotatable bonds is 66. The number of unbranched alkanes of at least 4 members (excludes halogenated alkanes) is 51. The SMILES string of the molecule is CCCCCCC/C=C\CCCCCCCC(=O)OCCCCCCCCCCCCCCCCCC/C=C\CCCCCCCCCCCCCCCCCCCC(=O)NC(CO)C(O)/C=C/CCCCCCCCCC. The van der Waals surface area contributed by atoms with Crippen molar-refractivity contribution in [3.8, 4) is 0 Å². The predicted molar refractivity (Wildman–Crippen MR) is 343 cm³/mol. The predicted octanol–water partition coefficient (Wildman–Crippen LogP) is 22.7. The number of aliphatic hydroxyl groups excluding tert-OH is 2. The van der Waals surface area contributed by atoms with Gasteiger partial charge in [0.2, 0.25) is 5.91 Å². The van der Waals surface area contributed by atoms with E-state index in [4.69, 9.17) is 4.74 Å². The Hall–Kier alpha value is -1.92. The molecule has 6 heteroatoms. The van der Waals surface area contributed by atoms with Gasteiger partial charge in [-0.3, -0.25) is 9.59 Å². The Morgan fingerprint density at radius 3 is 0.910 bits per heavy atom. The molecule has 0 saturated heterocycles. The van der Waals surface area contributed by atoms with E-state index in [0.29, 0.717) is 19.4 Å². The first-order chi connectivity index (χ1) is 38.5. The van der Waals surface area contributed by atoms with Crippen molar-refractivity contribution in [3.05, 3.63) is 36.5 Å². The highest BCUT2D eigenvalue weighted by Crippen LogP contribution is 2.18. The molecule has 0 aliphatic rings. The molecule has 3 N–H and O–H groups in total. The van der Waals surface area contributed by atoms with Crippen LogP contribution in [0.2, 0.25) is 0 Å². The van der Waals surface area contributed by atoms with Crippen LogP contribution in [-0.2, 0) is 14.3 Å². The average Bonchev–Trinajstić information content (AvgIpc) is 3.44. The van der Waals surface area contributed by atoms with Crippen molar-refractivity contribution < 1.29 is 24.5 Å². The quantitative estimate of drug-likeness (QED) is 0.0320. The minimum atomic E-state index is -0.839. The zero-order valence-electron chi connectivity index (χ0n) is 52.7. The lowest BCUT2D eigenvalue weighted by Crippen LogP contribution is -2.45. The maximum absolute atomic E-state index is 12.4. The van der Waals surface area contributed by atoms with E-state index in [0.717, 1.165) is 44.9 Å². The third-order valence-electron chi connectivity index (χ3n) is 16.4. The van der Waals surface area contributed by atoms with Crippen molar-refractivity contribution in [2.75, 3.05) is 13.2 Å². The minimum absolute atomic E-state index is 0.0128. The molecule has 0 heterocycles. The molecule has 0 spiro atoms. The summed E-state index contributed by atoms with van der Waals surface area (Å²) in [5, 5.41) is 23.0. The van der Waals surface area contributed by atoms with Crippen molar-refractivity contribution in [1.82, 2.24) is 5.32 Å². The van der Waals surface area contributed by atoms with Gasteiger partial charge in [0.25, 0.3) is 0 Å². The van der Waals surface area contributed by atoms with Crippen LogP contribution < -0.4 is 5.32 Å². The summed E-state index contributed by atoms with van der Waals surface area (Å²) in [6.07, 6.45) is 86.8. The molecule has 460 valence electrons. The van der Waals surface area contributed by atoms with Crippen LogP contribution in [0.5, 0.6) is 0 Å². The standard InChI is InChI=1S/C72H137NO5/c1-3-5-7-9-11-13-15-16-43-46-50-54-58-62-66-72(77)78-67-63-59-55-51-47-44-41-39-37-35-33-31-29-27-25-23-21-19-17-18-20-22-24-26-28-30-32-34-36-38-40-42-45-49-53-57-61-65-71(76)73-69(68-74)70(75)64-60-56-52-48-14-12-10-8-6-4-2/h15-17,19,60,64,69-70,74-75H,3-14,18,20-59,61-63,65-68H2,1-2H3,(H,73,76)/b16-15-,19-17-,64-60+. The third-order valence-corrected chi connectivity index (χ3v) is 16.4. The molecule has 2 atom stereocenters. The first kappa shape index (κ1) is 76.1. The van der Waals surface area contributed by atoms with Gasteiger partial charge in [-0.25, -0.2) is 0 Å². The molecule has 0 radical (unpaired) electrons. The number of hydrogen-bond acceptors (Lipinski definition) is 5. The van der Waals surface area contributed by atoms with Crippen LogP contribution in [0.1, 0.15) is 386 Å². The second-order valence-electron chi connectivity index (χ2n) is 24.2. The summed E-state index contributed by atoms with van der Waals surface area (Å²) in [4.78, 5) is 24.5. The number of esters is 1. The number of nitrogens with one attached hydrogen (secondary N) is 1. The largest absolute Gasteiger partial charge is 0.466 e. The Morgan fingerprint density at radius 1 is 0.346 bits per heavy atom. The summed E-state index contributed by atoms with van der Waals surface area (Å²) in [5.41, 5.74) is 0. The van der Waals surface area contributed by atoms with E-state index in [9.17, 15) is 19.8 Å². The van der Waals surface area contributed by atoms with E-state index in [1.807, 2.05) is 6.08 Å². The molecule has 2 unspecified atom stereocenters. The fourth-order valence-electron chi connectivity index (χ4n) is 11.0. The molecule has 78 heavy (non-hydrogen) atoms. The molecule has 0 saturated carbocycles. The fourth-order valence-corrected chi connectivity index (χ4v) is 11.0. The van der Waals surface area contributed by atoms with Crippen LogP contribution in [0.15, 0.2) is 36.5 Å². The zero-order valence-corrected chi connectivity index (χ0v) is 52.7. The lowest BCUT2D eigenvalue weighted by atomic mass is 10.0. The lowest BCUT2D eigenvalue weighted by molar-refractivity contribution is -0.143. The second-order valence-corrected chi connectivity index (χ2v) is 24.2. The Labute approximate surface area is 487 Å². The molecule has 0 rings (SSSR count). The number of hydrogen-bond donors (Lipinski definition) is 3. The summed E-state index contributed by atoms with van der Waals surface area (Å²) in [7, 11) is 0. The summed E-state index contributed by atoms with van der Waals surface area (Å²) in [5.74, 6) is -0.0518. The van der Waals surface area contributed by atoms with Gasteiger partial charge in [0.1, 0.15) is 0 Å². The molecule has 0 aliphatic heterocycles. The van der Waals surface area contributed by atoms with Gasteiger partial charge >= 0.3 is 5.97 Å². The first-order valence-electron chi connectivity index (χ1n) is 35.3. The van der Waals surface area contributed by atoms with Crippen molar-refractivity contribution in [2.24, 2.45) is 0 Å². The summed E-state index contributed by atoms with van der Waals surface area (Å²) < 4.78 is 5.49. The Morgan fingerprint density at radius 2 is 0.603 bits per heavy atom. The van der Waals surface area contributed by atoms with E-state index in [1.54, 1.807) is 6.08 Å². The van der Waals surface area contributed by atoms with Crippen LogP contribution in [0.3, 0.4) is 0 Å². The maximum Gasteiger partial charge on any atom is 0.305 e. The summed E-state index contributed by atoms with van der Waals surface area (Å²) in [6, 6.07) is -0.623. The van der Waals surface area contributed by atoms with Gasteiger partial charge in [-0.1, -0.05) is 326 Å². The number of allylic oxidation sites excluding steroid dienone is 5. The van der Waals surface area contributed by atoms with Crippen molar-refractivity contribution in [1.29, 1.82) is 0 Å². The van der Waals surface area contributed by atoms with Gasteiger partial charge in [0.15, 0.2) is 0 Å². The lowest BCUT2D eigenvalue weighted by Gasteiger charge is -2.20. The average molecular weight is 1100 g/mol. The highest BCUT2D eigenvalue weighted by atomic mass is 16.5. The number of carbonyl (C=O) groups excluding carboxylic acids is 2. The third kappa shape index (κ3) is 63.3. The van der Waals surface area contributed by atoms with Gasteiger partial charge in [-0.05, 0) is 83.5 Å². The van der Waals surface area contributed by atoms with E-state index >= 15 is 0 Å². The molecular weight excluding hydrogens is 959 g/mol. The molecule has 6 nitrogen and oxygen atoms in total. The van der Waals surface area contributed by atoms with Gasteiger partial charge in [0.05, 0.1) is 25.4 Å². The molecule has 0 fully saturated rings. The summed E-state index contributed by atoms with van der Waals surface area (Å²) >= 11 is 0. The minimum Gasteiger partial charge on any atom is -0.466 e. The molecule has 0 bridgehead atoms. The number of ether oxygens (including phenoxy) is 1. The van der Waals surface area contributed by atoms with E-state index in [1.165, 1.54) is 315 Å². The zero-order chi connectivity index (χ0) is 56.4. The van der Waals surface area contributed by atoms with Crippen LogP contribution in [0.4, 0.5) is 0 Å². The van der Waals surface area contributed by atoms with Crippen LogP contribution >= 0.6 is 0 Å². The number of carbonyl (C=O) groups is 2. The monoisotopic (exact) mass is 1100 g/mol. The molecule has 0 aromatic carbocycles. The normalized spacial score (nSPS) is 12.7. The topological polar surface area (TPSA) is 95.9 Å². The van der Waals surface area contributed by atoms with E-state index in [-0.39, 0.29) is 18.5 Å². The maximum atomic E-state index is 12.4. The fraction of sp³-hybridized carbons (Fsp3) is 0.889. The van der Waals surface area contributed by atoms with Crippen LogP contribution in [0, 0.1) is 0 Å². The molecule has 1 amide bonds. The molecular formula is C72H137NO5. The van der Waals surface area contributed by atoms with E-state index in [2.05, 4.69) is 43.5 Å². The second kappa shape index (κ2) is 67.6. The smallest absolute Gasteiger partial charge is 0.305 e. The van der Waals surface area contributed by atoms with Crippen LogP contribution in [-0.4, -0.2) is 47.4 Å². The van der Waals surface area contributed by atoms with Crippen molar-refractivity contribution in [2.45, 2.75) is 398 Å². The number of amides is 1. The number of aliphatic hydroxyl groups is 2. The van der Waals surface area contributed by atoms with E-state index < -0.39 is 12.1 Å². The molecule has 0 aliphatic carbocycles. The molecule has 0 aromatic heterocycles. The highest BCUT2D eigenvalue weighted by Gasteiger charge is 2.18. The Kier molecular flexibility index (Phi) is 65.9. The summed E-state index contributed by atoms with van der Waals surface area (Å²) in [6.45, 7) is 4.90. The van der Waals surface area contributed by atoms with Crippen LogP contribution in [0.25, 0.3) is 0 Å².